The van der Waals surface area contributed by atoms with E-state index in [0.717, 1.165) is 47.7 Å². The molecule has 0 N–H and O–H groups in total. The fourth-order valence-corrected chi connectivity index (χ4v) is 3.06. The predicted molar refractivity (Wildman–Crippen MR) is 106 cm³/mol. The van der Waals surface area contributed by atoms with Crippen molar-refractivity contribution in [3.05, 3.63) is 95.8 Å². The number of aromatic nitrogens is 1. The number of hydrogen-bond acceptors (Lipinski definition) is 3. The molecule has 0 amide bonds. The third kappa shape index (κ3) is 3.89. The molecule has 0 saturated heterocycles. The normalized spacial score (nSPS) is 15.5. The molecule has 0 fully saturated rings. The molecule has 3 aromatic rings. The van der Waals surface area contributed by atoms with Crippen LogP contribution in [0.5, 0.6) is 11.5 Å². The highest BCUT2D eigenvalue weighted by Gasteiger charge is 2.14. The minimum absolute atomic E-state index is 0.836. The smallest absolute Gasteiger partial charge is 0.127 e. The molecule has 0 saturated carbocycles. The van der Waals surface area contributed by atoms with Gasteiger partial charge >= 0.3 is 0 Å². The number of rotatable bonds is 4. The Morgan fingerprint density at radius 1 is 0.846 bits per heavy atom. The van der Waals surface area contributed by atoms with Crippen molar-refractivity contribution in [2.45, 2.75) is 12.8 Å². The van der Waals surface area contributed by atoms with Gasteiger partial charge in [-0.25, -0.2) is 0 Å². The monoisotopic (exact) mass is 340 g/mol. The molecule has 0 radical (unpaired) electrons. The van der Waals surface area contributed by atoms with Gasteiger partial charge in [0.15, 0.2) is 0 Å². The summed E-state index contributed by atoms with van der Waals surface area (Å²) in [6, 6.07) is 22.0. The van der Waals surface area contributed by atoms with Crippen LogP contribution in [0.15, 0.2) is 89.7 Å². The summed E-state index contributed by atoms with van der Waals surface area (Å²) in [6.45, 7) is 0.880. The van der Waals surface area contributed by atoms with Crippen LogP contribution in [0, 0.1) is 0 Å². The van der Waals surface area contributed by atoms with Crippen LogP contribution >= 0.6 is 0 Å². The van der Waals surface area contributed by atoms with E-state index in [-0.39, 0.29) is 0 Å². The SMILES string of the molecule is C(=C1\CCCN=C1c1cccnc1)/c1ccc(Oc2ccccc2)cc1. The third-order valence-electron chi connectivity index (χ3n) is 4.31. The Balaban J connectivity index is 1.55. The summed E-state index contributed by atoms with van der Waals surface area (Å²) in [5, 5.41) is 0. The van der Waals surface area contributed by atoms with Crippen LogP contribution in [-0.2, 0) is 0 Å². The van der Waals surface area contributed by atoms with E-state index in [4.69, 9.17) is 9.73 Å². The molecule has 0 aliphatic carbocycles. The van der Waals surface area contributed by atoms with Crippen molar-refractivity contribution in [2.75, 3.05) is 6.54 Å². The first-order chi connectivity index (χ1) is 12.9. The van der Waals surface area contributed by atoms with E-state index in [1.807, 2.05) is 54.7 Å². The van der Waals surface area contributed by atoms with E-state index in [1.54, 1.807) is 6.20 Å². The summed E-state index contributed by atoms with van der Waals surface area (Å²) in [7, 11) is 0. The molecule has 0 spiro atoms. The lowest BCUT2D eigenvalue weighted by atomic mass is 9.95. The Morgan fingerprint density at radius 2 is 1.65 bits per heavy atom. The van der Waals surface area contributed by atoms with Gasteiger partial charge in [0.05, 0.1) is 5.71 Å². The highest BCUT2D eigenvalue weighted by Crippen LogP contribution is 2.25. The molecule has 0 unspecified atom stereocenters. The van der Waals surface area contributed by atoms with Gasteiger partial charge in [-0.15, -0.1) is 0 Å². The Kier molecular flexibility index (Phi) is 4.88. The van der Waals surface area contributed by atoms with Crippen LogP contribution in [0.1, 0.15) is 24.0 Å². The minimum atomic E-state index is 0.836. The van der Waals surface area contributed by atoms with Crippen molar-refractivity contribution >= 4 is 11.8 Å². The van der Waals surface area contributed by atoms with E-state index in [9.17, 15) is 0 Å². The maximum absolute atomic E-state index is 5.86. The average molecular weight is 340 g/mol. The molecule has 3 heteroatoms. The van der Waals surface area contributed by atoms with E-state index >= 15 is 0 Å². The van der Waals surface area contributed by atoms with Crippen LogP contribution in [0.4, 0.5) is 0 Å². The fraction of sp³-hybridized carbons (Fsp3) is 0.130. The van der Waals surface area contributed by atoms with Gasteiger partial charge in [-0.3, -0.25) is 9.98 Å². The molecule has 1 aliphatic heterocycles. The lowest BCUT2D eigenvalue weighted by Gasteiger charge is -2.16. The molecule has 0 atom stereocenters. The number of para-hydroxylation sites is 1. The van der Waals surface area contributed by atoms with Crippen molar-refractivity contribution in [3.63, 3.8) is 0 Å². The Labute approximate surface area is 153 Å². The Bertz CT molecular complexity index is 913. The standard InChI is InChI=1S/C23H20N2O/c1-2-8-21(9-3-1)26-22-12-10-18(11-13-22)16-19-6-5-15-25-23(19)20-7-4-14-24-17-20/h1-4,7-14,16-17H,5-6,15H2/b19-16-. The molecule has 3 nitrogen and oxygen atoms in total. The van der Waals surface area contributed by atoms with Crippen LogP contribution in [0.25, 0.3) is 6.08 Å². The second kappa shape index (κ2) is 7.79. The summed E-state index contributed by atoms with van der Waals surface area (Å²) in [5.41, 5.74) is 4.57. The lowest BCUT2D eigenvalue weighted by Crippen LogP contribution is -2.11. The highest BCUT2D eigenvalue weighted by atomic mass is 16.5. The van der Waals surface area contributed by atoms with Gasteiger partial charge in [0.25, 0.3) is 0 Å². The van der Waals surface area contributed by atoms with E-state index in [2.05, 4.69) is 29.3 Å². The number of aliphatic imine (C=N–C) groups is 1. The zero-order valence-electron chi connectivity index (χ0n) is 14.5. The molecule has 26 heavy (non-hydrogen) atoms. The van der Waals surface area contributed by atoms with Crippen LogP contribution in [0.2, 0.25) is 0 Å². The predicted octanol–water partition coefficient (Wildman–Crippen LogP) is 5.54. The molecular formula is C23H20N2O. The van der Waals surface area contributed by atoms with Crippen molar-refractivity contribution in [3.8, 4) is 11.5 Å². The number of nitrogens with zero attached hydrogens (tertiary/aromatic N) is 2. The fourth-order valence-electron chi connectivity index (χ4n) is 3.06. The van der Waals surface area contributed by atoms with E-state index in [0.29, 0.717) is 0 Å². The first kappa shape index (κ1) is 16.3. The van der Waals surface area contributed by atoms with Crippen LogP contribution in [0.3, 0.4) is 0 Å². The summed E-state index contributed by atoms with van der Waals surface area (Å²) in [6.07, 6.45) is 8.02. The summed E-state index contributed by atoms with van der Waals surface area (Å²) < 4.78 is 5.86. The summed E-state index contributed by atoms with van der Waals surface area (Å²) in [4.78, 5) is 8.96. The number of ether oxygens (including phenoxy) is 1. The zero-order valence-corrected chi connectivity index (χ0v) is 14.5. The van der Waals surface area contributed by atoms with E-state index in [1.165, 1.54) is 5.57 Å². The molecular weight excluding hydrogens is 320 g/mol. The quantitative estimate of drug-likeness (QED) is 0.625. The van der Waals surface area contributed by atoms with E-state index < -0.39 is 0 Å². The van der Waals surface area contributed by atoms with Crippen molar-refractivity contribution in [2.24, 2.45) is 4.99 Å². The van der Waals surface area contributed by atoms with Gasteiger partial charge in [-0.2, -0.15) is 0 Å². The second-order valence-corrected chi connectivity index (χ2v) is 6.23. The molecule has 0 bridgehead atoms. The van der Waals surface area contributed by atoms with Gasteiger partial charge < -0.3 is 4.74 Å². The van der Waals surface area contributed by atoms with Gasteiger partial charge in [-0.1, -0.05) is 30.3 Å². The van der Waals surface area contributed by atoms with Crippen LogP contribution in [-0.4, -0.2) is 17.2 Å². The van der Waals surface area contributed by atoms with Crippen molar-refractivity contribution in [1.29, 1.82) is 0 Å². The summed E-state index contributed by atoms with van der Waals surface area (Å²) in [5.74, 6) is 1.68. The van der Waals surface area contributed by atoms with Crippen molar-refractivity contribution < 1.29 is 4.74 Å². The first-order valence-corrected chi connectivity index (χ1v) is 8.87. The molecule has 2 aromatic carbocycles. The average Bonchev–Trinajstić information content (AvgIpc) is 2.71. The van der Waals surface area contributed by atoms with Gasteiger partial charge in [0, 0.05) is 24.5 Å². The maximum Gasteiger partial charge on any atom is 0.127 e. The molecule has 1 aromatic heterocycles. The number of allylic oxidation sites excluding steroid dienone is 1. The van der Waals surface area contributed by atoms with Crippen LogP contribution < -0.4 is 4.74 Å². The molecule has 4 rings (SSSR count). The van der Waals surface area contributed by atoms with Gasteiger partial charge in [-0.05, 0) is 66.5 Å². The maximum atomic E-state index is 5.86. The number of benzene rings is 2. The van der Waals surface area contributed by atoms with Crippen molar-refractivity contribution in [1.82, 2.24) is 4.98 Å². The van der Waals surface area contributed by atoms with Gasteiger partial charge in [0.1, 0.15) is 11.5 Å². The largest absolute Gasteiger partial charge is 0.457 e. The first-order valence-electron chi connectivity index (χ1n) is 8.87. The number of hydrogen-bond donors (Lipinski definition) is 0. The minimum Gasteiger partial charge on any atom is -0.457 e. The molecule has 128 valence electrons. The molecule has 1 aliphatic rings. The zero-order chi connectivity index (χ0) is 17.6. The topological polar surface area (TPSA) is 34.5 Å². The highest BCUT2D eigenvalue weighted by molar-refractivity contribution is 6.15. The number of pyridine rings is 1. The molecule has 2 heterocycles. The third-order valence-corrected chi connectivity index (χ3v) is 4.31. The Hall–Kier alpha value is -3.20. The Morgan fingerprint density at radius 3 is 2.42 bits per heavy atom. The second-order valence-electron chi connectivity index (χ2n) is 6.23. The lowest BCUT2D eigenvalue weighted by molar-refractivity contribution is 0.482. The van der Waals surface area contributed by atoms with Gasteiger partial charge in [0.2, 0.25) is 0 Å². The summed E-state index contributed by atoms with van der Waals surface area (Å²) >= 11 is 0.